The average molecular weight is 375 g/mol. The lowest BCUT2D eigenvalue weighted by Gasteiger charge is -2.10. The van der Waals surface area contributed by atoms with Crippen molar-refractivity contribution in [1.82, 2.24) is 10.2 Å². The zero-order valence-corrected chi connectivity index (χ0v) is 14.8. The lowest BCUT2D eigenvalue weighted by atomic mass is 10.1. The van der Waals surface area contributed by atoms with Crippen LogP contribution in [-0.2, 0) is 4.79 Å². The predicted molar refractivity (Wildman–Crippen MR) is 94.8 cm³/mol. The Labute approximate surface area is 152 Å². The fraction of sp³-hybridized carbons (Fsp3) is 0.167. The third-order valence-corrected chi connectivity index (χ3v) is 4.47. The standard InChI is InChI=1S/C18H15F2N3O2S/c1-10-3-5-12(6-4-10)17-22-23-18(25-17)26-11(2)16(24)21-13-7-8-14(19)15(20)9-13/h3-9,11H,1-2H3,(H,21,24)/t11-/m0/s1. The fourth-order valence-corrected chi connectivity index (χ4v) is 2.78. The number of anilines is 1. The number of aryl methyl sites for hydroxylation is 1. The van der Waals surface area contributed by atoms with Gasteiger partial charge in [-0.3, -0.25) is 4.79 Å². The third-order valence-electron chi connectivity index (χ3n) is 3.54. The van der Waals surface area contributed by atoms with Gasteiger partial charge in [-0.1, -0.05) is 29.5 Å². The highest BCUT2D eigenvalue weighted by Crippen LogP contribution is 2.27. The second-order valence-electron chi connectivity index (χ2n) is 5.62. The Morgan fingerprint density at radius 2 is 1.85 bits per heavy atom. The molecule has 2 aromatic carbocycles. The largest absolute Gasteiger partial charge is 0.411 e. The number of hydrogen-bond donors (Lipinski definition) is 1. The van der Waals surface area contributed by atoms with E-state index < -0.39 is 22.8 Å². The number of carbonyl (C=O) groups excluding carboxylic acids is 1. The predicted octanol–water partition coefficient (Wildman–Crippen LogP) is 4.44. The van der Waals surface area contributed by atoms with Gasteiger partial charge in [-0.25, -0.2) is 8.78 Å². The Hall–Kier alpha value is -2.74. The molecule has 0 spiro atoms. The van der Waals surface area contributed by atoms with E-state index in [2.05, 4.69) is 15.5 Å². The van der Waals surface area contributed by atoms with Crippen molar-refractivity contribution in [1.29, 1.82) is 0 Å². The first kappa shape index (κ1) is 18.1. The molecule has 1 aromatic heterocycles. The first-order chi connectivity index (χ1) is 12.4. The van der Waals surface area contributed by atoms with Crippen LogP contribution in [-0.4, -0.2) is 21.4 Å². The van der Waals surface area contributed by atoms with E-state index in [0.29, 0.717) is 5.89 Å². The monoisotopic (exact) mass is 375 g/mol. The molecule has 134 valence electrons. The molecule has 8 heteroatoms. The molecular formula is C18H15F2N3O2S. The van der Waals surface area contributed by atoms with Gasteiger partial charge in [-0.05, 0) is 38.1 Å². The summed E-state index contributed by atoms with van der Waals surface area (Å²) in [5.41, 5.74) is 2.08. The summed E-state index contributed by atoms with van der Waals surface area (Å²) in [5, 5.41) is 10.1. The highest BCUT2D eigenvalue weighted by Gasteiger charge is 2.19. The van der Waals surface area contributed by atoms with Gasteiger partial charge in [0.05, 0.1) is 5.25 Å². The topological polar surface area (TPSA) is 68.0 Å². The molecule has 0 aliphatic rings. The molecule has 0 saturated heterocycles. The number of nitrogens with zero attached hydrogens (tertiary/aromatic N) is 2. The molecule has 1 atom stereocenters. The van der Waals surface area contributed by atoms with Gasteiger partial charge < -0.3 is 9.73 Å². The molecule has 5 nitrogen and oxygen atoms in total. The molecule has 0 bridgehead atoms. The Bertz CT molecular complexity index is 928. The second-order valence-corrected chi connectivity index (χ2v) is 6.91. The number of amides is 1. The van der Waals surface area contributed by atoms with E-state index in [1.807, 2.05) is 31.2 Å². The number of carbonyl (C=O) groups is 1. The SMILES string of the molecule is Cc1ccc(-c2nnc(S[C@@H](C)C(=O)Nc3ccc(F)c(F)c3)o2)cc1. The molecular weight excluding hydrogens is 360 g/mol. The zero-order valence-electron chi connectivity index (χ0n) is 14.0. The molecule has 26 heavy (non-hydrogen) atoms. The molecule has 1 N–H and O–H groups in total. The van der Waals surface area contributed by atoms with Crippen LogP contribution in [0.3, 0.4) is 0 Å². The number of benzene rings is 2. The third kappa shape index (κ3) is 4.26. The normalized spacial score (nSPS) is 12.0. The fourth-order valence-electron chi connectivity index (χ4n) is 2.09. The van der Waals surface area contributed by atoms with E-state index in [1.54, 1.807) is 6.92 Å². The van der Waals surface area contributed by atoms with Gasteiger partial charge in [-0.2, -0.15) is 0 Å². The quantitative estimate of drug-likeness (QED) is 0.668. The first-order valence-corrected chi connectivity index (χ1v) is 8.63. The van der Waals surface area contributed by atoms with Crippen molar-refractivity contribution < 1.29 is 18.0 Å². The minimum Gasteiger partial charge on any atom is -0.411 e. The number of halogens is 2. The van der Waals surface area contributed by atoms with Crippen LogP contribution < -0.4 is 5.32 Å². The van der Waals surface area contributed by atoms with Gasteiger partial charge >= 0.3 is 0 Å². The summed E-state index contributed by atoms with van der Waals surface area (Å²) in [5.74, 6) is -2.03. The van der Waals surface area contributed by atoms with Gasteiger partial charge in [0.2, 0.25) is 11.8 Å². The van der Waals surface area contributed by atoms with Crippen LogP contribution >= 0.6 is 11.8 Å². The van der Waals surface area contributed by atoms with Crippen molar-refractivity contribution >= 4 is 23.4 Å². The van der Waals surface area contributed by atoms with E-state index in [-0.39, 0.29) is 10.9 Å². The first-order valence-electron chi connectivity index (χ1n) is 7.75. The summed E-state index contributed by atoms with van der Waals surface area (Å²) >= 11 is 1.08. The average Bonchev–Trinajstić information content (AvgIpc) is 3.07. The number of aromatic nitrogens is 2. The van der Waals surface area contributed by atoms with Crippen LogP contribution in [0.15, 0.2) is 52.1 Å². The minimum atomic E-state index is -1.03. The number of nitrogens with one attached hydrogen (secondary N) is 1. The van der Waals surface area contributed by atoms with Crippen molar-refractivity contribution in [2.45, 2.75) is 24.3 Å². The van der Waals surface area contributed by atoms with Crippen LogP contribution in [0.5, 0.6) is 0 Å². The number of thioether (sulfide) groups is 1. The van der Waals surface area contributed by atoms with Gasteiger partial charge in [0.1, 0.15) is 0 Å². The Balaban J connectivity index is 1.64. The maximum Gasteiger partial charge on any atom is 0.277 e. The summed E-state index contributed by atoms with van der Waals surface area (Å²) < 4.78 is 31.7. The molecule has 0 aliphatic heterocycles. The maximum atomic E-state index is 13.2. The van der Waals surface area contributed by atoms with Crippen molar-refractivity contribution in [3.8, 4) is 11.5 Å². The van der Waals surface area contributed by atoms with Gasteiger partial charge in [0, 0.05) is 17.3 Å². The summed E-state index contributed by atoms with van der Waals surface area (Å²) in [6.45, 7) is 3.63. The van der Waals surface area contributed by atoms with Crippen LogP contribution in [0.4, 0.5) is 14.5 Å². The van der Waals surface area contributed by atoms with Crippen molar-refractivity contribution in [3.05, 3.63) is 59.7 Å². The van der Waals surface area contributed by atoms with Gasteiger partial charge in [0.25, 0.3) is 5.22 Å². The van der Waals surface area contributed by atoms with E-state index in [9.17, 15) is 13.6 Å². The van der Waals surface area contributed by atoms with Crippen molar-refractivity contribution in [2.24, 2.45) is 0 Å². The molecule has 0 radical (unpaired) electrons. The van der Waals surface area contributed by atoms with Crippen LogP contribution in [0.2, 0.25) is 0 Å². The molecule has 0 aliphatic carbocycles. The highest BCUT2D eigenvalue weighted by atomic mass is 32.2. The van der Waals surface area contributed by atoms with Crippen molar-refractivity contribution in [3.63, 3.8) is 0 Å². The Morgan fingerprint density at radius 1 is 1.12 bits per heavy atom. The minimum absolute atomic E-state index is 0.173. The smallest absolute Gasteiger partial charge is 0.277 e. The summed E-state index contributed by atoms with van der Waals surface area (Å²) in [6.07, 6.45) is 0. The second kappa shape index (κ2) is 7.65. The molecule has 0 fully saturated rings. The molecule has 1 amide bonds. The molecule has 1 heterocycles. The van der Waals surface area contributed by atoms with E-state index in [1.165, 1.54) is 6.07 Å². The maximum absolute atomic E-state index is 13.2. The van der Waals surface area contributed by atoms with Gasteiger partial charge in [0.15, 0.2) is 11.6 Å². The lowest BCUT2D eigenvalue weighted by Crippen LogP contribution is -2.22. The molecule has 0 saturated carbocycles. The van der Waals surface area contributed by atoms with Crippen LogP contribution in [0.1, 0.15) is 12.5 Å². The molecule has 3 aromatic rings. The lowest BCUT2D eigenvalue weighted by molar-refractivity contribution is -0.115. The van der Waals surface area contributed by atoms with E-state index in [4.69, 9.17) is 4.42 Å². The summed E-state index contributed by atoms with van der Waals surface area (Å²) in [4.78, 5) is 12.2. The van der Waals surface area contributed by atoms with E-state index >= 15 is 0 Å². The van der Waals surface area contributed by atoms with Crippen LogP contribution in [0.25, 0.3) is 11.5 Å². The highest BCUT2D eigenvalue weighted by molar-refractivity contribution is 8.00. The molecule has 3 rings (SSSR count). The van der Waals surface area contributed by atoms with Crippen LogP contribution in [0, 0.1) is 18.6 Å². The number of hydrogen-bond acceptors (Lipinski definition) is 5. The summed E-state index contributed by atoms with van der Waals surface area (Å²) in [6, 6.07) is 10.8. The Morgan fingerprint density at radius 3 is 2.54 bits per heavy atom. The zero-order chi connectivity index (χ0) is 18.7. The van der Waals surface area contributed by atoms with Crippen molar-refractivity contribution in [2.75, 3.05) is 5.32 Å². The Kier molecular flexibility index (Phi) is 5.32. The van der Waals surface area contributed by atoms with Gasteiger partial charge in [-0.15, -0.1) is 10.2 Å². The summed E-state index contributed by atoms with van der Waals surface area (Å²) in [7, 11) is 0. The molecule has 0 unspecified atom stereocenters. The number of rotatable bonds is 5. The van der Waals surface area contributed by atoms with E-state index in [0.717, 1.165) is 35.0 Å².